The van der Waals surface area contributed by atoms with Crippen LogP contribution in [0.3, 0.4) is 0 Å². The molecule has 0 radical (unpaired) electrons. The number of nitrogens with one attached hydrogen (secondary N) is 2. The Labute approximate surface area is 171 Å². The third-order valence-electron chi connectivity index (χ3n) is 5.03. The second-order valence-electron chi connectivity index (χ2n) is 7.37. The summed E-state index contributed by atoms with van der Waals surface area (Å²) in [6, 6.07) is 16.1. The van der Waals surface area contributed by atoms with E-state index in [0.717, 1.165) is 16.7 Å². The summed E-state index contributed by atoms with van der Waals surface area (Å²) < 4.78 is 53.8. The minimum atomic E-state index is -3.62. The van der Waals surface area contributed by atoms with E-state index in [4.69, 9.17) is 5.26 Å². The zero-order chi connectivity index (χ0) is 21.2. The Hall–Kier alpha value is -2.25. The van der Waals surface area contributed by atoms with E-state index in [1.54, 1.807) is 26.0 Å². The van der Waals surface area contributed by atoms with Gasteiger partial charge in [-0.05, 0) is 42.7 Å². The minimum Gasteiger partial charge on any atom is -0.215 e. The summed E-state index contributed by atoms with van der Waals surface area (Å²) >= 11 is 0. The Kier molecular flexibility index (Phi) is 6.10. The van der Waals surface area contributed by atoms with Gasteiger partial charge in [-0.2, -0.15) is 5.26 Å². The molecule has 154 valence electrons. The Morgan fingerprint density at radius 2 is 1.62 bits per heavy atom. The molecule has 0 bridgehead atoms. The zero-order valence-electron chi connectivity index (χ0n) is 16.2. The summed E-state index contributed by atoms with van der Waals surface area (Å²) in [5.41, 5.74) is 3.34. The molecule has 2 unspecified atom stereocenters. The SMILES string of the molecule is CC(C)S(=O)(=O)NC1CS(=O)(=O)NCC1c1ccc(-c2ccc(C#N)cc2)cc1. The molecular formula is C20H23N3O4S2. The highest BCUT2D eigenvalue weighted by Crippen LogP contribution is 2.28. The van der Waals surface area contributed by atoms with Gasteiger partial charge in [0.25, 0.3) is 0 Å². The molecule has 2 aromatic rings. The highest BCUT2D eigenvalue weighted by molar-refractivity contribution is 7.90. The second kappa shape index (κ2) is 8.24. The molecule has 1 heterocycles. The van der Waals surface area contributed by atoms with Crippen LogP contribution in [0.5, 0.6) is 0 Å². The first-order chi connectivity index (χ1) is 13.6. The molecule has 1 aliphatic rings. The maximum absolute atomic E-state index is 12.3. The number of hydrogen-bond donors (Lipinski definition) is 2. The lowest BCUT2D eigenvalue weighted by Gasteiger charge is -2.33. The average molecular weight is 434 g/mol. The molecule has 0 saturated carbocycles. The van der Waals surface area contributed by atoms with Crippen LogP contribution in [0.25, 0.3) is 11.1 Å². The quantitative estimate of drug-likeness (QED) is 0.747. The fraction of sp³-hybridized carbons (Fsp3) is 0.350. The van der Waals surface area contributed by atoms with Gasteiger partial charge in [-0.25, -0.2) is 26.3 Å². The number of hydrogen-bond acceptors (Lipinski definition) is 5. The van der Waals surface area contributed by atoms with Crippen LogP contribution in [0.15, 0.2) is 48.5 Å². The third-order valence-corrected chi connectivity index (χ3v) is 8.31. The van der Waals surface area contributed by atoms with Gasteiger partial charge in [0.2, 0.25) is 20.0 Å². The second-order valence-corrected chi connectivity index (χ2v) is 11.5. The lowest BCUT2D eigenvalue weighted by molar-refractivity contribution is 0.465. The van der Waals surface area contributed by atoms with Crippen molar-refractivity contribution in [2.24, 2.45) is 0 Å². The predicted molar refractivity (Wildman–Crippen MR) is 112 cm³/mol. The number of benzene rings is 2. The predicted octanol–water partition coefficient (Wildman–Crippen LogP) is 1.94. The zero-order valence-corrected chi connectivity index (χ0v) is 17.8. The molecule has 0 aliphatic carbocycles. The van der Waals surface area contributed by atoms with Gasteiger partial charge < -0.3 is 0 Å². The molecule has 29 heavy (non-hydrogen) atoms. The molecule has 9 heteroatoms. The van der Waals surface area contributed by atoms with Crippen molar-refractivity contribution in [1.29, 1.82) is 5.26 Å². The van der Waals surface area contributed by atoms with Gasteiger partial charge in [-0.3, -0.25) is 0 Å². The van der Waals surface area contributed by atoms with Crippen molar-refractivity contribution in [2.75, 3.05) is 12.3 Å². The standard InChI is InChI=1S/C20H23N3O4S2/c1-14(2)29(26,27)23-20-13-28(24,25)22-12-19(20)18-9-7-17(8-10-18)16-5-3-15(11-21)4-6-16/h3-10,14,19-20,22-23H,12-13H2,1-2H3. The van der Waals surface area contributed by atoms with Crippen molar-refractivity contribution in [1.82, 2.24) is 9.44 Å². The van der Waals surface area contributed by atoms with Gasteiger partial charge in [0.15, 0.2) is 0 Å². The number of rotatable bonds is 5. The van der Waals surface area contributed by atoms with Crippen molar-refractivity contribution < 1.29 is 16.8 Å². The number of nitrogens with zero attached hydrogens (tertiary/aromatic N) is 1. The molecule has 1 fully saturated rings. The normalized spacial score (nSPS) is 21.6. The molecule has 0 amide bonds. The summed E-state index contributed by atoms with van der Waals surface area (Å²) in [4.78, 5) is 0. The van der Waals surface area contributed by atoms with Gasteiger partial charge in [0.05, 0.1) is 22.6 Å². The summed E-state index contributed by atoms with van der Waals surface area (Å²) in [7, 11) is -7.15. The molecule has 0 spiro atoms. The fourth-order valence-corrected chi connectivity index (χ4v) is 5.63. The first kappa shape index (κ1) is 21.5. The molecule has 7 nitrogen and oxygen atoms in total. The van der Waals surface area contributed by atoms with Gasteiger partial charge in [-0.15, -0.1) is 0 Å². The van der Waals surface area contributed by atoms with Crippen LogP contribution in [0.2, 0.25) is 0 Å². The molecular weight excluding hydrogens is 410 g/mol. The van der Waals surface area contributed by atoms with Crippen molar-refractivity contribution in [3.63, 3.8) is 0 Å². The van der Waals surface area contributed by atoms with E-state index in [0.29, 0.717) is 5.56 Å². The lowest BCUT2D eigenvalue weighted by atomic mass is 9.91. The van der Waals surface area contributed by atoms with Crippen molar-refractivity contribution >= 4 is 20.0 Å². The van der Waals surface area contributed by atoms with E-state index in [1.165, 1.54) is 0 Å². The van der Waals surface area contributed by atoms with Gasteiger partial charge in [0.1, 0.15) is 0 Å². The van der Waals surface area contributed by atoms with Crippen LogP contribution in [0, 0.1) is 11.3 Å². The van der Waals surface area contributed by atoms with E-state index in [9.17, 15) is 16.8 Å². The number of sulfonamides is 2. The minimum absolute atomic E-state index is 0.129. The first-order valence-electron chi connectivity index (χ1n) is 9.20. The van der Waals surface area contributed by atoms with E-state index < -0.39 is 31.3 Å². The Bertz CT molecular complexity index is 1120. The van der Waals surface area contributed by atoms with Crippen LogP contribution < -0.4 is 9.44 Å². The van der Waals surface area contributed by atoms with E-state index >= 15 is 0 Å². The van der Waals surface area contributed by atoms with Crippen LogP contribution in [-0.4, -0.2) is 40.4 Å². The smallest absolute Gasteiger partial charge is 0.214 e. The molecule has 2 atom stereocenters. The maximum Gasteiger partial charge on any atom is 0.214 e. The molecule has 1 saturated heterocycles. The highest BCUT2D eigenvalue weighted by Gasteiger charge is 2.36. The number of nitriles is 1. The molecule has 1 aliphatic heterocycles. The molecule has 2 N–H and O–H groups in total. The summed E-state index contributed by atoms with van der Waals surface area (Å²) in [6.45, 7) is 3.24. The van der Waals surface area contributed by atoms with E-state index in [2.05, 4.69) is 15.5 Å². The highest BCUT2D eigenvalue weighted by atomic mass is 32.2. The average Bonchev–Trinajstić information content (AvgIpc) is 2.67. The Morgan fingerprint density at radius 3 is 2.14 bits per heavy atom. The Balaban J connectivity index is 1.87. The van der Waals surface area contributed by atoms with Crippen molar-refractivity contribution in [3.05, 3.63) is 59.7 Å². The summed E-state index contributed by atoms with van der Waals surface area (Å²) in [5.74, 6) is -0.622. The topological polar surface area (TPSA) is 116 Å². The van der Waals surface area contributed by atoms with Gasteiger partial charge >= 0.3 is 0 Å². The van der Waals surface area contributed by atoms with Gasteiger partial charge in [0, 0.05) is 18.5 Å². The van der Waals surface area contributed by atoms with E-state index in [-0.39, 0.29) is 18.2 Å². The monoisotopic (exact) mass is 433 g/mol. The summed E-state index contributed by atoms with van der Waals surface area (Å²) in [6.07, 6.45) is 0. The van der Waals surface area contributed by atoms with Crippen LogP contribution >= 0.6 is 0 Å². The van der Waals surface area contributed by atoms with Gasteiger partial charge in [-0.1, -0.05) is 36.4 Å². The molecule has 2 aromatic carbocycles. The summed E-state index contributed by atoms with van der Waals surface area (Å²) in [5, 5.41) is 8.26. The largest absolute Gasteiger partial charge is 0.215 e. The molecule has 0 aromatic heterocycles. The molecule has 3 rings (SSSR count). The van der Waals surface area contributed by atoms with E-state index in [1.807, 2.05) is 36.4 Å². The van der Waals surface area contributed by atoms with Crippen molar-refractivity contribution in [3.8, 4) is 17.2 Å². The van der Waals surface area contributed by atoms with Crippen LogP contribution in [0.1, 0.15) is 30.9 Å². The first-order valence-corrected chi connectivity index (χ1v) is 12.4. The Morgan fingerprint density at radius 1 is 1.07 bits per heavy atom. The van der Waals surface area contributed by atoms with Crippen LogP contribution in [0.4, 0.5) is 0 Å². The third kappa shape index (κ3) is 5.03. The van der Waals surface area contributed by atoms with Crippen LogP contribution in [-0.2, 0) is 20.0 Å². The maximum atomic E-state index is 12.3. The van der Waals surface area contributed by atoms with Crippen molar-refractivity contribution in [2.45, 2.75) is 31.1 Å². The fourth-order valence-electron chi connectivity index (χ4n) is 3.24. The lowest BCUT2D eigenvalue weighted by Crippen LogP contribution is -2.54.